The van der Waals surface area contributed by atoms with E-state index in [4.69, 9.17) is 5.73 Å². The highest BCUT2D eigenvalue weighted by Crippen LogP contribution is 2.49. The van der Waals surface area contributed by atoms with Gasteiger partial charge in [0.25, 0.3) is 5.56 Å². The van der Waals surface area contributed by atoms with Crippen molar-refractivity contribution in [2.75, 3.05) is 19.6 Å². The first-order valence-electron chi connectivity index (χ1n) is 15.1. The van der Waals surface area contributed by atoms with Gasteiger partial charge in [-0.15, -0.1) is 0 Å². The van der Waals surface area contributed by atoms with Crippen LogP contribution in [0.2, 0.25) is 0 Å². The van der Waals surface area contributed by atoms with E-state index < -0.39 is 17.7 Å². The van der Waals surface area contributed by atoms with E-state index in [1.165, 1.54) is 6.07 Å². The van der Waals surface area contributed by atoms with Crippen LogP contribution in [0, 0.1) is 29.9 Å². The molecule has 3 atom stereocenters. The minimum Gasteiger partial charge on any atom is -0.328 e. The van der Waals surface area contributed by atoms with Crippen LogP contribution in [0.15, 0.2) is 59.7 Å². The number of hydrogen-bond acceptors (Lipinski definition) is 4. The van der Waals surface area contributed by atoms with Crippen molar-refractivity contribution >= 4 is 6.03 Å². The molecule has 42 heavy (non-hydrogen) atoms. The molecule has 2 aromatic carbocycles. The van der Waals surface area contributed by atoms with E-state index in [9.17, 15) is 18.4 Å². The summed E-state index contributed by atoms with van der Waals surface area (Å²) in [5, 5.41) is 0. The first-order chi connectivity index (χ1) is 20.2. The lowest BCUT2D eigenvalue weighted by atomic mass is 9.69. The van der Waals surface area contributed by atoms with E-state index in [1.54, 1.807) is 21.9 Å². The Labute approximate surface area is 245 Å². The van der Waals surface area contributed by atoms with Crippen molar-refractivity contribution in [1.82, 2.24) is 19.4 Å². The number of carbonyl (C=O) groups excluding carboxylic acids is 1. The minimum atomic E-state index is -0.606. The summed E-state index contributed by atoms with van der Waals surface area (Å²) in [6, 6.07) is 12.0. The first-order valence-corrected chi connectivity index (χ1v) is 15.1. The maximum absolute atomic E-state index is 14.8. The number of urea groups is 1. The zero-order valence-corrected chi connectivity index (χ0v) is 24.1. The molecule has 0 bridgehead atoms. The van der Waals surface area contributed by atoms with Crippen molar-refractivity contribution in [3.05, 3.63) is 88.0 Å². The SMILES string of the molecule is Cc1ccccc1-c1cc(=O)n(C[C@@H]2CCN(C(=O)N3CC[C@@H](N)C[C@H]3c3cc(F)ccc3F)CC23CCCC3)cn1. The van der Waals surface area contributed by atoms with Crippen LogP contribution in [0.3, 0.4) is 0 Å². The molecule has 1 aromatic heterocycles. The Hall–Kier alpha value is -3.59. The molecule has 2 amide bonds. The number of carbonyl (C=O) groups is 1. The standard InChI is InChI=1S/C33H39F2N5O2/c1-22-6-2-3-7-26(22)29-18-31(41)39(21-37-29)19-23-10-14-38(20-33(23)12-4-5-13-33)32(42)40-15-11-25(36)17-30(40)27-16-24(34)8-9-28(27)35/h2-3,6-9,16,18,21,23,25,30H,4-5,10-15,17,19-20,36H2,1H3/t23-,25+,30-/m0/s1. The molecule has 3 aliphatic rings. The summed E-state index contributed by atoms with van der Waals surface area (Å²) in [4.78, 5) is 35.5. The molecule has 222 valence electrons. The minimum absolute atomic E-state index is 0.0699. The van der Waals surface area contributed by atoms with Crippen molar-refractivity contribution in [3.63, 3.8) is 0 Å². The summed E-state index contributed by atoms with van der Waals surface area (Å²) in [6.45, 7) is 4.13. The fourth-order valence-corrected chi connectivity index (χ4v) is 7.58. The maximum Gasteiger partial charge on any atom is 0.320 e. The Balaban J connectivity index is 1.21. The number of benzene rings is 2. The average molecular weight is 576 g/mol. The van der Waals surface area contributed by atoms with Crippen LogP contribution in [0.25, 0.3) is 11.3 Å². The number of aromatic nitrogens is 2. The van der Waals surface area contributed by atoms with Crippen LogP contribution in [0.4, 0.5) is 13.6 Å². The number of nitrogens with zero attached hydrogens (tertiary/aromatic N) is 4. The summed E-state index contributed by atoms with van der Waals surface area (Å²) in [7, 11) is 0. The Kier molecular flexibility index (Phi) is 7.87. The highest BCUT2D eigenvalue weighted by molar-refractivity contribution is 5.75. The highest BCUT2D eigenvalue weighted by Gasteiger charge is 2.47. The largest absolute Gasteiger partial charge is 0.328 e. The third-order valence-electron chi connectivity index (χ3n) is 9.91. The fourth-order valence-electron chi connectivity index (χ4n) is 7.58. The number of rotatable bonds is 4. The Morgan fingerprint density at radius 2 is 1.86 bits per heavy atom. The highest BCUT2D eigenvalue weighted by atomic mass is 19.1. The Morgan fingerprint density at radius 1 is 1.07 bits per heavy atom. The van der Waals surface area contributed by atoms with Crippen LogP contribution in [0.1, 0.15) is 62.1 Å². The number of aryl methyl sites for hydroxylation is 1. The number of amides is 2. The Morgan fingerprint density at radius 3 is 2.62 bits per heavy atom. The summed E-state index contributed by atoms with van der Waals surface area (Å²) in [5.74, 6) is -0.814. The number of halogens is 2. The van der Waals surface area contributed by atoms with Gasteiger partial charge in [0, 0.05) is 49.4 Å². The van der Waals surface area contributed by atoms with Gasteiger partial charge in [-0.2, -0.15) is 0 Å². The van der Waals surface area contributed by atoms with Gasteiger partial charge < -0.3 is 15.5 Å². The number of piperidine rings is 2. The van der Waals surface area contributed by atoms with Crippen LogP contribution >= 0.6 is 0 Å². The van der Waals surface area contributed by atoms with Crippen molar-refractivity contribution in [2.45, 2.75) is 70.5 Å². The lowest BCUT2D eigenvalue weighted by Gasteiger charge is -2.49. The fraction of sp³-hybridized carbons (Fsp3) is 0.485. The predicted octanol–water partition coefficient (Wildman–Crippen LogP) is 5.66. The zero-order chi connectivity index (χ0) is 29.4. The molecule has 3 aromatic rings. The van der Waals surface area contributed by atoms with Gasteiger partial charge in [0.05, 0.1) is 18.1 Å². The van der Waals surface area contributed by atoms with E-state index in [2.05, 4.69) is 4.98 Å². The first kappa shape index (κ1) is 28.5. The van der Waals surface area contributed by atoms with Gasteiger partial charge in [-0.05, 0) is 74.1 Å². The molecule has 6 rings (SSSR count). The molecule has 1 aliphatic carbocycles. The number of hydrogen-bond donors (Lipinski definition) is 1. The molecule has 3 fully saturated rings. The van der Waals surface area contributed by atoms with Gasteiger partial charge >= 0.3 is 6.03 Å². The van der Waals surface area contributed by atoms with Crippen molar-refractivity contribution < 1.29 is 13.6 Å². The van der Waals surface area contributed by atoms with Gasteiger partial charge in [0.2, 0.25) is 0 Å². The van der Waals surface area contributed by atoms with E-state index in [0.717, 1.165) is 55.4 Å². The van der Waals surface area contributed by atoms with Crippen LogP contribution in [-0.2, 0) is 6.54 Å². The molecule has 3 heterocycles. The molecule has 0 radical (unpaired) electrons. The molecule has 0 unspecified atom stereocenters. The topological polar surface area (TPSA) is 84.5 Å². The van der Waals surface area contributed by atoms with Crippen molar-refractivity contribution in [3.8, 4) is 11.3 Å². The van der Waals surface area contributed by atoms with E-state index >= 15 is 0 Å². The number of likely N-dealkylation sites (tertiary alicyclic amines) is 2. The quantitative estimate of drug-likeness (QED) is 0.435. The molecule has 1 spiro atoms. The van der Waals surface area contributed by atoms with Crippen LogP contribution in [0.5, 0.6) is 0 Å². The molecular weight excluding hydrogens is 536 g/mol. The second-order valence-corrected chi connectivity index (χ2v) is 12.5. The molecular formula is C33H39F2N5O2. The maximum atomic E-state index is 14.8. The van der Waals surface area contributed by atoms with Crippen molar-refractivity contribution in [2.24, 2.45) is 17.1 Å². The third-order valence-corrected chi connectivity index (χ3v) is 9.91. The molecule has 2 aliphatic heterocycles. The number of nitrogens with two attached hydrogens (primary N) is 1. The second kappa shape index (κ2) is 11.6. The smallest absolute Gasteiger partial charge is 0.320 e. The average Bonchev–Trinajstić information content (AvgIpc) is 3.45. The third kappa shape index (κ3) is 5.46. The summed E-state index contributed by atoms with van der Waals surface area (Å²) < 4.78 is 30.7. The lowest BCUT2D eigenvalue weighted by molar-refractivity contribution is 0.0211. The molecule has 7 nitrogen and oxygen atoms in total. The van der Waals surface area contributed by atoms with Gasteiger partial charge in [-0.25, -0.2) is 18.6 Å². The molecule has 2 saturated heterocycles. The van der Waals surface area contributed by atoms with Crippen molar-refractivity contribution in [1.29, 1.82) is 0 Å². The zero-order valence-electron chi connectivity index (χ0n) is 24.1. The Bertz CT molecular complexity index is 1520. The van der Waals surface area contributed by atoms with Gasteiger partial charge in [-0.3, -0.25) is 9.36 Å². The van der Waals surface area contributed by atoms with Gasteiger partial charge in [0.1, 0.15) is 11.6 Å². The van der Waals surface area contributed by atoms with Gasteiger partial charge in [0.15, 0.2) is 0 Å². The van der Waals surface area contributed by atoms with Crippen LogP contribution in [-0.4, -0.2) is 51.1 Å². The van der Waals surface area contributed by atoms with E-state index in [1.807, 2.05) is 36.1 Å². The van der Waals surface area contributed by atoms with E-state index in [0.29, 0.717) is 44.7 Å². The molecule has 1 saturated carbocycles. The lowest BCUT2D eigenvalue weighted by Crippen LogP contribution is -2.56. The van der Waals surface area contributed by atoms with E-state index in [-0.39, 0.29) is 34.5 Å². The summed E-state index contributed by atoms with van der Waals surface area (Å²) in [5.41, 5.74) is 8.97. The molecule has 9 heteroatoms. The normalized spacial score (nSPS) is 23.9. The molecule has 2 N–H and O–H groups in total. The summed E-state index contributed by atoms with van der Waals surface area (Å²) >= 11 is 0. The predicted molar refractivity (Wildman–Crippen MR) is 158 cm³/mol. The second-order valence-electron chi connectivity index (χ2n) is 12.5. The van der Waals surface area contributed by atoms with Gasteiger partial charge in [-0.1, -0.05) is 37.1 Å². The monoisotopic (exact) mass is 575 g/mol. The summed E-state index contributed by atoms with van der Waals surface area (Å²) in [6.07, 6.45) is 7.62. The van der Waals surface area contributed by atoms with Crippen LogP contribution < -0.4 is 11.3 Å².